The van der Waals surface area contributed by atoms with Gasteiger partial charge in [0.05, 0.1) is 0 Å². The average Bonchev–Trinajstić information content (AvgIpc) is 2.45. The molecule has 0 aliphatic heterocycles. The predicted molar refractivity (Wildman–Crippen MR) is 77.6 cm³/mol. The lowest BCUT2D eigenvalue weighted by atomic mass is 9.99. The molecular weight excluding hydrogens is 288 g/mol. The Bertz CT molecular complexity index is 649. The van der Waals surface area contributed by atoms with Crippen LogP contribution >= 0.6 is 0 Å². The van der Waals surface area contributed by atoms with Gasteiger partial charge in [-0.05, 0) is 31.8 Å². The molecule has 1 aromatic carbocycles. The molecule has 0 aromatic heterocycles. The molecule has 0 saturated heterocycles. The van der Waals surface area contributed by atoms with E-state index in [1.807, 2.05) is 0 Å². The Morgan fingerprint density at radius 1 is 1.05 bits per heavy atom. The Morgan fingerprint density at radius 3 is 1.95 bits per heavy atom. The number of carbonyl (C=O) groups excluding carboxylic acids is 2. The van der Waals surface area contributed by atoms with Gasteiger partial charge in [0.15, 0.2) is 5.78 Å². The van der Waals surface area contributed by atoms with Gasteiger partial charge in [-0.3, -0.25) is 9.59 Å². The SMILES string of the molecule is CC(C)(C)OC(=O)C(N=[N+]=[N-])(N=[N+]=[N-])C(=O)c1ccccc1. The van der Waals surface area contributed by atoms with Crippen LogP contribution in [0.3, 0.4) is 0 Å². The molecule has 0 unspecified atom stereocenters. The van der Waals surface area contributed by atoms with Crippen LogP contribution in [-0.4, -0.2) is 23.0 Å². The number of esters is 1. The summed E-state index contributed by atoms with van der Waals surface area (Å²) in [7, 11) is 0. The van der Waals surface area contributed by atoms with Crippen molar-refractivity contribution in [3.63, 3.8) is 0 Å². The molecule has 0 spiro atoms. The van der Waals surface area contributed by atoms with E-state index in [4.69, 9.17) is 15.8 Å². The van der Waals surface area contributed by atoms with E-state index >= 15 is 0 Å². The minimum Gasteiger partial charge on any atom is -0.459 e. The molecule has 0 saturated carbocycles. The summed E-state index contributed by atoms with van der Waals surface area (Å²) >= 11 is 0. The van der Waals surface area contributed by atoms with Crippen molar-refractivity contribution < 1.29 is 14.3 Å². The second-order valence-corrected chi connectivity index (χ2v) is 5.25. The molecule has 0 aliphatic carbocycles. The fraction of sp³-hybridized carbons (Fsp3) is 0.385. The monoisotopic (exact) mass is 302 g/mol. The molecule has 0 bridgehead atoms. The summed E-state index contributed by atoms with van der Waals surface area (Å²) in [5.41, 5.74) is 13.8. The summed E-state index contributed by atoms with van der Waals surface area (Å²) in [6.07, 6.45) is 0. The number of hydrogen-bond donors (Lipinski definition) is 0. The summed E-state index contributed by atoms with van der Waals surface area (Å²) in [6, 6.07) is 7.58. The summed E-state index contributed by atoms with van der Waals surface area (Å²) < 4.78 is 5.06. The maximum absolute atomic E-state index is 12.5. The van der Waals surface area contributed by atoms with Gasteiger partial charge in [0.2, 0.25) is 0 Å². The maximum atomic E-state index is 12.5. The molecule has 0 heterocycles. The number of rotatable bonds is 5. The van der Waals surface area contributed by atoms with E-state index in [9.17, 15) is 9.59 Å². The molecule has 0 N–H and O–H groups in total. The normalized spacial score (nSPS) is 13.0. The molecule has 9 heteroatoms. The highest BCUT2D eigenvalue weighted by Crippen LogP contribution is 2.25. The number of azide groups is 1. The quantitative estimate of drug-likeness (QED) is 0.205. The van der Waals surface area contributed by atoms with Crippen molar-refractivity contribution >= 4 is 11.8 Å². The van der Waals surface area contributed by atoms with Gasteiger partial charge in [-0.15, -0.1) is 0 Å². The maximum Gasteiger partial charge on any atom is 0.332 e. The molecule has 0 radical (unpaired) electrons. The van der Waals surface area contributed by atoms with Crippen molar-refractivity contribution in [3.8, 4) is 0 Å². The van der Waals surface area contributed by atoms with E-state index in [-0.39, 0.29) is 5.56 Å². The number of benzene rings is 1. The Balaban J connectivity index is 3.46. The molecule has 0 fully saturated rings. The smallest absolute Gasteiger partial charge is 0.332 e. The third-order valence-corrected chi connectivity index (χ3v) is 2.42. The minimum atomic E-state index is -2.65. The van der Waals surface area contributed by atoms with Crippen molar-refractivity contribution in [2.45, 2.75) is 32.0 Å². The first-order valence-corrected chi connectivity index (χ1v) is 6.22. The molecule has 114 valence electrons. The molecule has 1 aromatic rings. The van der Waals surface area contributed by atoms with Gasteiger partial charge in [-0.2, -0.15) is 0 Å². The largest absolute Gasteiger partial charge is 0.459 e. The van der Waals surface area contributed by atoms with Crippen molar-refractivity contribution in [2.24, 2.45) is 10.2 Å². The zero-order valence-corrected chi connectivity index (χ0v) is 12.3. The third-order valence-electron chi connectivity index (χ3n) is 2.42. The molecule has 22 heavy (non-hydrogen) atoms. The average molecular weight is 302 g/mol. The van der Waals surface area contributed by atoms with Crippen LogP contribution < -0.4 is 0 Å². The fourth-order valence-corrected chi connectivity index (χ4v) is 1.55. The van der Waals surface area contributed by atoms with Crippen LogP contribution in [0.2, 0.25) is 0 Å². The van der Waals surface area contributed by atoms with Crippen LogP contribution in [0, 0.1) is 0 Å². The highest BCUT2D eigenvalue weighted by molar-refractivity contribution is 6.16. The second-order valence-electron chi connectivity index (χ2n) is 5.25. The van der Waals surface area contributed by atoms with Gasteiger partial charge in [-0.25, -0.2) is 0 Å². The third kappa shape index (κ3) is 3.76. The van der Waals surface area contributed by atoms with Gasteiger partial charge in [0.1, 0.15) is 5.60 Å². The standard InChI is InChI=1S/C13H14N6O3/c1-12(2,3)22-11(21)13(16-18-14,17-19-15)10(20)9-7-5-4-6-8-9/h4-8H,1-3H3. The minimum absolute atomic E-state index is 0.0492. The molecule has 0 aliphatic rings. The first-order valence-electron chi connectivity index (χ1n) is 6.22. The Morgan fingerprint density at radius 2 is 1.55 bits per heavy atom. The van der Waals surface area contributed by atoms with Crippen LogP contribution in [0.5, 0.6) is 0 Å². The van der Waals surface area contributed by atoms with Crippen LogP contribution in [-0.2, 0) is 9.53 Å². The highest BCUT2D eigenvalue weighted by atomic mass is 16.6. The summed E-state index contributed by atoms with van der Waals surface area (Å²) in [6.45, 7) is 4.69. The lowest BCUT2D eigenvalue weighted by molar-refractivity contribution is -0.159. The van der Waals surface area contributed by atoms with Gasteiger partial charge < -0.3 is 4.74 Å². The summed E-state index contributed by atoms with van der Waals surface area (Å²) in [5.74, 6) is -2.19. The summed E-state index contributed by atoms with van der Waals surface area (Å²) in [5, 5.41) is 6.28. The topological polar surface area (TPSA) is 141 Å². The van der Waals surface area contributed by atoms with E-state index in [0.717, 1.165) is 0 Å². The molecule has 9 nitrogen and oxygen atoms in total. The molecule has 0 amide bonds. The van der Waals surface area contributed by atoms with Gasteiger partial charge in [-0.1, -0.05) is 40.6 Å². The second kappa shape index (κ2) is 6.62. The van der Waals surface area contributed by atoms with E-state index in [2.05, 4.69) is 20.1 Å². The number of ether oxygens (including phenoxy) is 1. The Hall–Kier alpha value is -3.02. The highest BCUT2D eigenvalue weighted by Gasteiger charge is 2.48. The van der Waals surface area contributed by atoms with Crippen LogP contribution in [0.25, 0.3) is 20.9 Å². The predicted octanol–water partition coefficient (Wildman–Crippen LogP) is 3.53. The van der Waals surface area contributed by atoms with Gasteiger partial charge in [0.25, 0.3) is 5.66 Å². The van der Waals surface area contributed by atoms with E-state index < -0.39 is 23.0 Å². The van der Waals surface area contributed by atoms with Crippen molar-refractivity contribution in [1.82, 2.24) is 0 Å². The van der Waals surface area contributed by atoms with E-state index in [0.29, 0.717) is 0 Å². The zero-order valence-electron chi connectivity index (χ0n) is 12.3. The lowest BCUT2D eigenvalue weighted by Gasteiger charge is -2.26. The lowest BCUT2D eigenvalue weighted by Crippen LogP contribution is -2.46. The zero-order chi connectivity index (χ0) is 16.8. The van der Waals surface area contributed by atoms with Gasteiger partial charge >= 0.3 is 5.97 Å². The Kier molecular flexibility index (Phi) is 5.13. The number of nitrogens with zero attached hydrogens (tertiary/aromatic N) is 6. The molecular formula is C13H14N6O3. The first kappa shape index (κ1) is 17.0. The van der Waals surface area contributed by atoms with Crippen LogP contribution in [0.4, 0.5) is 0 Å². The van der Waals surface area contributed by atoms with Crippen molar-refractivity contribution in [1.29, 1.82) is 0 Å². The Labute approximate surface area is 126 Å². The van der Waals surface area contributed by atoms with Crippen LogP contribution in [0.1, 0.15) is 31.1 Å². The number of ketones is 1. The van der Waals surface area contributed by atoms with Crippen molar-refractivity contribution in [3.05, 3.63) is 56.8 Å². The number of hydrogen-bond acceptors (Lipinski definition) is 5. The number of carbonyl (C=O) groups is 2. The van der Waals surface area contributed by atoms with E-state index in [1.54, 1.807) is 39.0 Å². The van der Waals surface area contributed by atoms with Crippen LogP contribution in [0.15, 0.2) is 40.6 Å². The number of Topliss-reactive ketones (excluding diaryl/α,β-unsaturated/α-hetero) is 1. The molecule has 1 rings (SSSR count). The summed E-state index contributed by atoms with van der Waals surface area (Å²) in [4.78, 5) is 29.8. The van der Waals surface area contributed by atoms with Crippen molar-refractivity contribution in [2.75, 3.05) is 0 Å². The first-order chi connectivity index (χ1) is 10.3. The molecule has 0 atom stereocenters. The van der Waals surface area contributed by atoms with E-state index in [1.165, 1.54) is 12.1 Å². The fourth-order valence-electron chi connectivity index (χ4n) is 1.55. The van der Waals surface area contributed by atoms with Gasteiger partial charge in [0, 0.05) is 15.4 Å².